The Kier molecular flexibility index (Phi) is 2.39. The van der Waals surface area contributed by atoms with Crippen molar-refractivity contribution in [2.45, 2.75) is 13.4 Å². The van der Waals surface area contributed by atoms with Gasteiger partial charge in [0, 0.05) is 28.0 Å². The fraction of sp³-hybridized carbons (Fsp3) is 0.176. The van der Waals surface area contributed by atoms with Crippen molar-refractivity contribution in [2.75, 3.05) is 0 Å². The number of aromatic nitrogens is 8. The van der Waals surface area contributed by atoms with Crippen molar-refractivity contribution in [1.82, 2.24) is 40.0 Å². The van der Waals surface area contributed by atoms with E-state index in [1.807, 2.05) is 0 Å². The number of rotatable bonds is 4. The summed E-state index contributed by atoms with van der Waals surface area (Å²) >= 11 is 0. The van der Waals surface area contributed by atoms with Gasteiger partial charge in [-0.2, -0.15) is 4.52 Å². The van der Waals surface area contributed by atoms with Gasteiger partial charge in [-0.25, -0.2) is 0 Å². The first-order valence-corrected chi connectivity index (χ1v) is 7.81. The van der Waals surface area contributed by atoms with Crippen LogP contribution in [0.1, 0.15) is 18.3 Å². The van der Waals surface area contributed by atoms with E-state index in [0.29, 0.717) is 16.4 Å². The van der Waals surface area contributed by atoms with Gasteiger partial charge in [-0.15, -0.1) is 20.4 Å². The number of benzene rings is 1. The van der Waals surface area contributed by atoms with Crippen molar-refractivity contribution in [3.05, 3.63) is 48.0 Å². The Morgan fingerprint density at radius 3 is 2.89 bits per heavy atom. The summed E-state index contributed by atoms with van der Waals surface area (Å²) in [6.07, 6.45) is 1.40. The minimum absolute atomic E-state index is 0.0335. The average molecular weight is 367 g/mol. The normalized spacial score (nSPS) is 15.2. The zero-order chi connectivity index (χ0) is 22.7. The summed E-state index contributed by atoms with van der Waals surface area (Å²) in [4.78, 5) is 0. The van der Waals surface area contributed by atoms with Gasteiger partial charge in [0.1, 0.15) is 18.0 Å². The molecule has 0 fully saturated rings. The Morgan fingerprint density at radius 2 is 2.11 bits per heavy atom. The molecule has 0 atom stereocenters. The quantitative estimate of drug-likeness (QED) is 0.474. The van der Waals surface area contributed by atoms with E-state index in [0.717, 1.165) is 0 Å². The van der Waals surface area contributed by atoms with E-state index in [1.165, 1.54) is 21.5 Å². The summed E-state index contributed by atoms with van der Waals surface area (Å²) in [5, 5.41) is 25.0. The van der Waals surface area contributed by atoms with Crippen molar-refractivity contribution in [1.29, 1.82) is 0 Å². The van der Waals surface area contributed by atoms with E-state index in [2.05, 4.69) is 30.8 Å². The van der Waals surface area contributed by atoms with Gasteiger partial charge < -0.3 is 9.26 Å². The predicted octanol–water partition coefficient (Wildman–Crippen LogP) is 1.95. The first kappa shape index (κ1) is 11.0. The molecule has 5 aromatic rings. The molecule has 0 bridgehead atoms. The lowest BCUT2D eigenvalue weighted by atomic mass is 10.2. The third-order valence-electron chi connectivity index (χ3n) is 3.82. The average Bonchev–Trinajstić information content (AvgIpc) is 3.46. The van der Waals surface area contributed by atoms with Crippen LogP contribution in [0.2, 0.25) is 0 Å². The van der Waals surface area contributed by atoms with E-state index in [4.69, 9.17) is 16.1 Å². The van der Waals surface area contributed by atoms with Crippen molar-refractivity contribution >= 4 is 16.4 Å². The second kappa shape index (κ2) is 5.87. The highest BCUT2D eigenvalue weighted by atomic mass is 16.5. The van der Waals surface area contributed by atoms with Crippen LogP contribution in [0.25, 0.3) is 27.9 Å². The summed E-state index contributed by atoms with van der Waals surface area (Å²) in [6, 6.07) is 8.23. The van der Waals surface area contributed by atoms with Gasteiger partial charge in [0.25, 0.3) is 0 Å². The minimum atomic E-state index is -2.48. The van der Waals surface area contributed by atoms with Crippen LogP contribution in [0.3, 0.4) is 0 Å². The van der Waals surface area contributed by atoms with Crippen molar-refractivity contribution < 1.29 is 16.1 Å². The fourth-order valence-corrected chi connectivity index (χ4v) is 2.66. The number of hydrogen-bond acceptors (Lipinski definition) is 8. The van der Waals surface area contributed by atoms with Gasteiger partial charge in [0.15, 0.2) is 11.3 Å². The summed E-state index contributed by atoms with van der Waals surface area (Å²) < 4.78 is 52.2. The highest BCUT2D eigenvalue weighted by Gasteiger charge is 2.18. The lowest BCUT2D eigenvalue weighted by molar-refractivity contribution is 0.289. The van der Waals surface area contributed by atoms with Crippen LogP contribution in [0, 0.1) is 6.85 Å². The molecule has 10 nitrogen and oxygen atoms in total. The van der Waals surface area contributed by atoms with Gasteiger partial charge in [-0.05, 0) is 12.9 Å². The predicted molar refractivity (Wildman–Crippen MR) is 93.9 cm³/mol. The van der Waals surface area contributed by atoms with Crippen LogP contribution in [0.4, 0.5) is 0 Å². The summed E-state index contributed by atoms with van der Waals surface area (Å²) in [5.41, 5.74) is 0.421. The Labute approximate surface area is 159 Å². The largest absolute Gasteiger partial charge is 0.470 e. The van der Waals surface area contributed by atoms with Crippen LogP contribution in [-0.4, -0.2) is 40.0 Å². The Balaban J connectivity index is 1.68. The molecule has 4 heterocycles. The monoisotopic (exact) mass is 367 g/mol. The molecule has 0 radical (unpaired) electrons. The third kappa shape index (κ3) is 2.58. The second-order valence-electron chi connectivity index (χ2n) is 5.67. The molecular weight excluding hydrogens is 348 g/mol. The molecule has 4 aromatic heterocycles. The van der Waals surface area contributed by atoms with E-state index in [9.17, 15) is 0 Å². The van der Waals surface area contributed by atoms with Gasteiger partial charge in [-0.3, -0.25) is 4.68 Å². The molecule has 0 aliphatic carbocycles. The molecule has 0 amide bonds. The van der Waals surface area contributed by atoms with Crippen LogP contribution in [-0.2, 0) is 13.6 Å². The molecule has 0 saturated heterocycles. The standard InChI is InChI=1S/C17H14N8O2/c1-10-7-14(22-27-10)16-20-19-15-12-5-3-4-6-13(12)17(21-25(15)16)26-9-11-8-24(2)23-18-11/h3-8H,9H2,1-2H3/i1D3,9D2. The molecule has 5 rings (SSSR count). The molecule has 134 valence electrons. The first-order chi connectivity index (χ1) is 15.1. The number of ether oxygens (including phenoxy) is 1. The van der Waals surface area contributed by atoms with Crippen molar-refractivity contribution in [3.63, 3.8) is 0 Å². The van der Waals surface area contributed by atoms with Crippen molar-refractivity contribution in [3.8, 4) is 17.4 Å². The van der Waals surface area contributed by atoms with Crippen LogP contribution in [0.15, 0.2) is 41.1 Å². The number of nitrogens with zero attached hydrogens (tertiary/aromatic N) is 8. The Bertz CT molecular complexity index is 1450. The second-order valence-corrected chi connectivity index (χ2v) is 5.67. The number of aryl methyl sites for hydroxylation is 2. The van der Waals surface area contributed by atoms with E-state index in [1.54, 1.807) is 31.3 Å². The van der Waals surface area contributed by atoms with Gasteiger partial charge >= 0.3 is 0 Å². The van der Waals surface area contributed by atoms with Gasteiger partial charge in [0.2, 0.25) is 11.7 Å². The highest BCUT2D eigenvalue weighted by Crippen LogP contribution is 2.29. The summed E-state index contributed by atoms with van der Waals surface area (Å²) in [6.45, 7) is -4.82. The molecule has 0 spiro atoms. The van der Waals surface area contributed by atoms with E-state index in [-0.39, 0.29) is 28.9 Å². The lowest BCUT2D eigenvalue weighted by Crippen LogP contribution is -2.03. The maximum atomic E-state index is 8.31. The molecule has 27 heavy (non-hydrogen) atoms. The summed E-state index contributed by atoms with van der Waals surface area (Å²) in [7, 11) is 1.61. The Hall–Kier alpha value is -3.82. The van der Waals surface area contributed by atoms with Crippen molar-refractivity contribution in [2.24, 2.45) is 7.05 Å². The number of fused-ring (bicyclic) bond motifs is 3. The van der Waals surface area contributed by atoms with Crippen LogP contribution >= 0.6 is 0 Å². The van der Waals surface area contributed by atoms with Crippen LogP contribution in [0.5, 0.6) is 5.88 Å². The lowest BCUT2D eigenvalue weighted by Gasteiger charge is -2.08. The molecule has 0 aliphatic rings. The maximum Gasteiger partial charge on any atom is 0.240 e. The van der Waals surface area contributed by atoms with E-state index >= 15 is 0 Å². The van der Waals surface area contributed by atoms with Gasteiger partial charge in [0.05, 0.1) is 8.94 Å². The maximum absolute atomic E-state index is 8.31. The SMILES string of the molecule is [2H]C([2H])([2H])c1cc(-c2nnc3c4ccccc4c(OC([2H])([2H])c4cn(C)nn4)nn23)no1. The van der Waals surface area contributed by atoms with Gasteiger partial charge in [-0.1, -0.05) is 28.6 Å². The minimum Gasteiger partial charge on any atom is -0.470 e. The molecule has 0 unspecified atom stereocenters. The molecular formula is C17H14N8O2. The topological polar surface area (TPSA) is 109 Å². The zero-order valence-corrected chi connectivity index (χ0v) is 13.9. The highest BCUT2D eigenvalue weighted by molar-refractivity contribution is 5.96. The molecule has 10 heteroatoms. The first-order valence-electron chi connectivity index (χ1n) is 10.3. The number of hydrogen-bond donors (Lipinski definition) is 0. The molecule has 0 N–H and O–H groups in total. The molecule has 1 aromatic carbocycles. The third-order valence-corrected chi connectivity index (χ3v) is 3.82. The van der Waals surface area contributed by atoms with E-state index < -0.39 is 13.4 Å². The molecule has 0 aliphatic heterocycles. The Morgan fingerprint density at radius 1 is 1.22 bits per heavy atom. The van der Waals surface area contributed by atoms with Crippen LogP contribution < -0.4 is 4.74 Å². The smallest absolute Gasteiger partial charge is 0.240 e. The zero-order valence-electron chi connectivity index (χ0n) is 18.9. The summed E-state index contributed by atoms with van der Waals surface area (Å²) in [5.74, 6) is -0.250. The molecule has 0 saturated carbocycles. The fourth-order valence-electron chi connectivity index (χ4n) is 2.66.